The summed E-state index contributed by atoms with van der Waals surface area (Å²) in [6, 6.07) is 8.04. The predicted octanol–water partition coefficient (Wildman–Crippen LogP) is 6.64. The van der Waals surface area contributed by atoms with Gasteiger partial charge in [-0.05, 0) is 18.9 Å². The van der Waals surface area contributed by atoms with E-state index in [1.165, 1.54) is 70.6 Å². The fourth-order valence-electron chi connectivity index (χ4n) is 2.99. The van der Waals surface area contributed by atoms with E-state index < -0.39 is 0 Å². The van der Waals surface area contributed by atoms with Gasteiger partial charge in [-0.25, -0.2) is 0 Å². The smallest absolute Gasteiger partial charge is 0.258 e. The molecule has 3 nitrogen and oxygen atoms in total. The molecular weight excluding hydrogens is 286 g/mol. The Morgan fingerprint density at radius 2 is 1.43 bits per heavy atom. The number of hydrogen-bond acceptors (Lipinski definition) is 2. The second-order valence-electron chi connectivity index (χ2n) is 6.44. The lowest BCUT2D eigenvalue weighted by atomic mass is 10.0. The highest BCUT2D eigenvalue weighted by atomic mass is 16.6. The highest BCUT2D eigenvalue weighted by molar-refractivity contribution is 5.38. The van der Waals surface area contributed by atoms with Gasteiger partial charge in [-0.15, -0.1) is 0 Å². The Labute approximate surface area is 141 Å². The van der Waals surface area contributed by atoms with Gasteiger partial charge in [0.05, 0.1) is 11.0 Å². The molecule has 0 heterocycles. The minimum Gasteiger partial charge on any atom is -0.258 e. The number of benzene rings is 1. The van der Waals surface area contributed by atoms with E-state index >= 15 is 0 Å². The van der Waals surface area contributed by atoms with Crippen molar-refractivity contribution in [3.8, 4) is 0 Å². The van der Waals surface area contributed by atoms with Crippen molar-refractivity contribution in [2.75, 3.05) is 0 Å². The molecular formula is C20H32NO2. The van der Waals surface area contributed by atoms with Crippen LogP contribution in [-0.4, -0.2) is 4.92 Å². The summed E-state index contributed by atoms with van der Waals surface area (Å²) < 4.78 is 0. The number of aryl methyl sites for hydroxylation is 1. The largest absolute Gasteiger partial charge is 0.280 e. The molecule has 0 aromatic heterocycles. The van der Waals surface area contributed by atoms with E-state index in [0.29, 0.717) is 0 Å². The topological polar surface area (TPSA) is 43.1 Å². The summed E-state index contributed by atoms with van der Waals surface area (Å²) >= 11 is 0. The lowest BCUT2D eigenvalue weighted by Gasteiger charge is -2.04. The van der Waals surface area contributed by atoms with Gasteiger partial charge in [0.15, 0.2) is 0 Å². The standard InChI is InChI=1S/C20H32NO2/c1-2-3-4-5-6-7-8-9-10-11-12-13-16-19-17-14-15-18-20(19)21(22)23/h14-15,17H,2-13,16H2,1H3. The quantitative estimate of drug-likeness (QED) is 0.219. The van der Waals surface area contributed by atoms with Crippen molar-refractivity contribution in [3.63, 3.8) is 0 Å². The average molecular weight is 318 g/mol. The van der Waals surface area contributed by atoms with Gasteiger partial charge in [0.25, 0.3) is 5.69 Å². The molecule has 0 fully saturated rings. The molecule has 0 amide bonds. The molecule has 0 bridgehead atoms. The Hall–Kier alpha value is -1.38. The van der Waals surface area contributed by atoms with Crippen molar-refractivity contribution < 1.29 is 4.92 Å². The molecule has 0 aliphatic heterocycles. The number of para-hydroxylation sites is 1. The Balaban J connectivity index is 1.97. The Morgan fingerprint density at radius 1 is 0.913 bits per heavy atom. The zero-order chi connectivity index (χ0) is 16.8. The van der Waals surface area contributed by atoms with Gasteiger partial charge in [-0.3, -0.25) is 10.1 Å². The van der Waals surface area contributed by atoms with Crippen LogP contribution in [-0.2, 0) is 6.42 Å². The Morgan fingerprint density at radius 3 is 1.96 bits per heavy atom. The molecule has 1 rings (SSSR count). The van der Waals surface area contributed by atoms with Crippen LogP contribution in [0.1, 0.15) is 89.5 Å². The molecule has 1 radical (unpaired) electrons. The van der Waals surface area contributed by atoms with Crippen LogP contribution >= 0.6 is 0 Å². The molecule has 0 saturated carbocycles. The van der Waals surface area contributed by atoms with Crippen LogP contribution in [0.4, 0.5) is 5.69 Å². The molecule has 0 N–H and O–H groups in total. The summed E-state index contributed by atoms with van der Waals surface area (Å²) in [5.41, 5.74) is 0.972. The highest BCUT2D eigenvalue weighted by Crippen LogP contribution is 2.20. The maximum absolute atomic E-state index is 10.9. The van der Waals surface area contributed by atoms with Crippen molar-refractivity contribution in [2.45, 2.75) is 90.4 Å². The van der Waals surface area contributed by atoms with Gasteiger partial charge in [0.2, 0.25) is 0 Å². The van der Waals surface area contributed by atoms with Crippen molar-refractivity contribution in [1.29, 1.82) is 0 Å². The molecule has 0 saturated heterocycles. The van der Waals surface area contributed by atoms with E-state index in [9.17, 15) is 10.1 Å². The molecule has 3 heteroatoms. The summed E-state index contributed by atoms with van der Waals surface area (Å²) in [6.45, 7) is 2.26. The van der Waals surface area contributed by atoms with Crippen LogP contribution in [0, 0.1) is 16.2 Å². The molecule has 0 atom stereocenters. The number of nitro groups is 1. The lowest BCUT2D eigenvalue weighted by Crippen LogP contribution is -1.95. The number of hydrogen-bond donors (Lipinski definition) is 0. The second kappa shape index (κ2) is 13.1. The van der Waals surface area contributed by atoms with E-state index in [1.54, 1.807) is 6.07 Å². The molecule has 0 unspecified atom stereocenters. The summed E-state index contributed by atoms with van der Waals surface area (Å²) in [4.78, 5) is 10.6. The van der Waals surface area contributed by atoms with E-state index in [2.05, 4.69) is 13.0 Å². The zero-order valence-corrected chi connectivity index (χ0v) is 14.7. The van der Waals surface area contributed by atoms with Crippen LogP contribution in [0.15, 0.2) is 18.2 Å². The third kappa shape index (κ3) is 9.37. The van der Waals surface area contributed by atoms with Gasteiger partial charge >= 0.3 is 0 Å². The van der Waals surface area contributed by atoms with Crippen molar-refractivity contribution in [3.05, 3.63) is 39.9 Å². The van der Waals surface area contributed by atoms with Gasteiger partial charge in [-0.1, -0.05) is 89.7 Å². The lowest BCUT2D eigenvalue weighted by molar-refractivity contribution is -0.385. The maximum atomic E-state index is 10.9. The average Bonchev–Trinajstić information content (AvgIpc) is 2.56. The van der Waals surface area contributed by atoms with Gasteiger partial charge in [-0.2, -0.15) is 0 Å². The van der Waals surface area contributed by atoms with Crippen molar-refractivity contribution in [2.24, 2.45) is 0 Å². The minimum absolute atomic E-state index is 0.149. The maximum Gasteiger partial charge on any atom is 0.280 e. The molecule has 129 valence electrons. The number of rotatable bonds is 14. The third-order valence-corrected chi connectivity index (χ3v) is 4.40. The predicted molar refractivity (Wildman–Crippen MR) is 96.7 cm³/mol. The fraction of sp³-hybridized carbons (Fsp3) is 0.700. The summed E-state index contributed by atoms with van der Waals surface area (Å²) in [5, 5.41) is 10.9. The molecule has 0 aliphatic carbocycles. The first-order valence-corrected chi connectivity index (χ1v) is 9.39. The van der Waals surface area contributed by atoms with Crippen LogP contribution < -0.4 is 0 Å². The molecule has 23 heavy (non-hydrogen) atoms. The zero-order valence-electron chi connectivity index (χ0n) is 14.7. The van der Waals surface area contributed by atoms with Crippen molar-refractivity contribution in [1.82, 2.24) is 0 Å². The van der Waals surface area contributed by atoms with E-state index in [0.717, 1.165) is 18.4 Å². The Bertz CT molecular complexity index is 431. The molecule has 1 aromatic carbocycles. The number of unbranched alkanes of at least 4 members (excludes halogenated alkanes) is 11. The minimum atomic E-state index is -0.324. The van der Waals surface area contributed by atoms with E-state index in [-0.39, 0.29) is 10.6 Å². The third-order valence-electron chi connectivity index (χ3n) is 4.40. The molecule has 0 spiro atoms. The van der Waals surface area contributed by atoms with Crippen LogP contribution in [0.3, 0.4) is 0 Å². The summed E-state index contributed by atoms with van der Waals surface area (Å²) in [5.74, 6) is 0. The fourth-order valence-corrected chi connectivity index (χ4v) is 2.99. The van der Waals surface area contributed by atoms with Crippen molar-refractivity contribution >= 4 is 5.69 Å². The molecule has 0 aliphatic rings. The number of nitrogens with zero attached hydrogens (tertiary/aromatic N) is 1. The molecule has 1 aromatic rings. The Kier molecular flexibility index (Phi) is 11.2. The monoisotopic (exact) mass is 318 g/mol. The van der Waals surface area contributed by atoms with Gasteiger partial charge in [0, 0.05) is 5.56 Å². The van der Waals surface area contributed by atoms with Crippen LogP contribution in [0.2, 0.25) is 0 Å². The SMILES string of the molecule is CCCCCCCCCCCCCCc1ccc[c]c1[N+](=O)[O-]. The normalized spacial score (nSPS) is 10.8. The van der Waals surface area contributed by atoms with E-state index in [1.807, 2.05) is 12.1 Å². The summed E-state index contributed by atoms with van der Waals surface area (Å²) in [7, 11) is 0. The van der Waals surface area contributed by atoms with E-state index in [4.69, 9.17) is 0 Å². The van der Waals surface area contributed by atoms with Gasteiger partial charge in [0.1, 0.15) is 0 Å². The first-order valence-electron chi connectivity index (χ1n) is 9.39. The first kappa shape index (κ1) is 19.7. The van der Waals surface area contributed by atoms with Crippen LogP contribution in [0.25, 0.3) is 0 Å². The first-order chi connectivity index (χ1) is 11.3. The highest BCUT2D eigenvalue weighted by Gasteiger charge is 2.11. The van der Waals surface area contributed by atoms with Gasteiger partial charge < -0.3 is 0 Å². The second-order valence-corrected chi connectivity index (χ2v) is 6.44. The summed E-state index contributed by atoms with van der Waals surface area (Å²) in [6.07, 6.45) is 16.6. The van der Waals surface area contributed by atoms with Crippen LogP contribution in [0.5, 0.6) is 0 Å². The number of nitro benzene ring substituents is 1.